The molecule has 0 bridgehead atoms. The summed E-state index contributed by atoms with van der Waals surface area (Å²) in [6, 6.07) is 16.5. The van der Waals surface area contributed by atoms with Gasteiger partial charge in [0.2, 0.25) is 0 Å². The second-order valence-electron chi connectivity index (χ2n) is 5.98. The Morgan fingerprint density at radius 2 is 1.89 bits per heavy atom. The molecular formula is C20H15N3O4. The van der Waals surface area contributed by atoms with Crippen molar-refractivity contribution < 1.29 is 14.4 Å². The van der Waals surface area contributed by atoms with E-state index >= 15 is 0 Å². The highest BCUT2D eigenvalue weighted by atomic mass is 16.6. The maximum absolute atomic E-state index is 10.8. The van der Waals surface area contributed by atoms with E-state index in [0.29, 0.717) is 22.5 Å². The topological polar surface area (TPSA) is 101 Å². The Labute approximate surface area is 154 Å². The van der Waals surface area contributed by atoms with E-state index in [1.165, 1.54) is 12.1 Å². The van der Waals surface area contributed by atoms with Crippen molar-refractivity contribution in [1.29, 1.82) is 0 Å². The van der Waals surface area contributed by atoms with Crippen LogP contribution in [-0.4, -0.2) is 15.0 Å². The molecule has 0 aliphatic heterocycles. The van der Waals surface area contributed by atoms with Crippen LogP contribution in [0.4, 0.5) is 11.4 Å². The van der Waals surface area contributed by atoms with E-state index in [9.17, 15) is 15.2 Å². The van der Waals surface area contributed by atoms with Gasteiger partial charge in [-0.25, -0.2) is 0 Å². The standard InChI is InChI=1S/C20H15N3O4/c24-20-16(10-5-13-3-1-11-21-18(13)20)19(17-4-2-12-27-17)22-14-6-8-15(9-7-14)23(25)26/h1-12,19,22,24H/t19-/m1/s1. The van der Waals surface area contributed by atoms with Crippen LogP contribution in [0.25, 0.3) is 10.9 Å². The fraction of sp³-hybridized carbons (Fsp3) is 0.0500. The van der Waals surface area contributed by atoms with E-state index in [2.05, 4.69) is 10.3 Å². The lowest BCUT2D eigenvalue weighted by molar-refractivity contribution is -0.384. The predicted molar refractivity (Wildman–Crippen MR) is 101 cm³/mol. The first-order valence-corrected chi connectivity index (χ1v) is 8.24. The molecule has 0 spiro atoms. The summed E-state index contributed by atoms with van der Waals surface area (Å²) in [7, 11) is 0. The first-order chi connectivity index (χ1) is 13.1. The molecule has 4 aromatic rings. The van der Waals surface area contributed by atoms with Crippen molar-refractivity contribution in [1.82, 2.24) is 4.98 Å². The van der Waals surface area contributed by atoms with Crippen molar-refractivity contribution in [3.63, 3.8) is 0 Å². The monoisotopic (exact) mass is 361 g/mol. The Balaban J connectivity index is 1.76. The third-order valence-corrected chi connectivity index (χ3v) is 4.31. The fourth-order valence-corrected chi connectivity index (χ4v) is 2.98. The molecule has 0 amide bonds. The van der Waals surface area contributed by atoms with Gasteiger partial charge in [-0.1, -0.05) is 18.2 Å². The number of pyridine rings is 1. The molecule has 1 atom stereocenters. The van der Waals surface area contributed by atoms with Gasteiger partial charge in [0.25, 0.3) is 5.69 Å². The smallest absolute Gasteiger partial charge is 0.269 e. The summed E-state index contributed by atoms with van der Waals surface area (Å²) in [6.45, 7) is 0. The molecule has 0 radical (unpaired) electrons. The Morgan fingerprint density at radius 1 is 1.07 bits per heavy atom. The van der Waals surface area contributed by atoms with E-state index in [0.717, 1.165) is 5.39 Å². The van der Waals surface area contributed by atoms with Crippen molar-refractivity contribution in [2.75, 3.05) is 5.32 Å². The Kier molecular flexibility index (Phi) is 4.18. The zero-order valence-electron chi connectivity index (χ0n) is 14.1. The lowest BCUT2D eigenvalue weighted by atomic mass is 10.0. The minimum absolute atomic E-state index is 0.00727. The molecule has 0 aliphatic rings. The van der Waals surface area contributed by atoms with Crippen LogP contribution in [0.5, 0.6) is 5.75 Å². The number of nitrogens with zero attached hydrogens (tertiary/aromatic N) is 2. The number of furan rings is 1. The number of nitro groups is 1. The lowest BCUT2D eigenvalue weighted by Crippen LogP contribution is -2.12. The molecule has 2 aromatic heterocycles. The van der Waals surface area contributed by atoms with Crippen molar-refractivity contribution >= 4 is 22.3 Å². The maximum atomic E-state index is 10.8. The van der Waals surface area contributed by atoms with Gasteiger partial charge in [-0.2, -0.15) is 0 Å². The molecule has 7 nitrogen and oxygen atoms in total. The minimum atomic E-state index is -0.493. The van der Waals surface area contributed by atoms with Gasteiger partial charge >= 0.3 is 0 Å². The van der Waals surface area contributed by atoms with E-state index < -0.39 is 11.0 Å². The molecule has 0 aliphatic carbocycles. The highest BCUT2D eigenvalue weighted by molar-refractivity contribution is 5.85. The van der Waals surface area contributed by atoms with Gasteiger partial charge in [-0.05, 0) is 30.3 Å². The molecule has 27 heavy (non-hydrogen) atoms. The van der Waals surface area contributed by atoms with Crippen LogP contribution >= 0.6 is 0 Å². The van der Waals surface area contributed by atoms with Gasteiger partial charge in [0.15, 0.2) is 0 Å². The molecule has 2 aromatic carbocycles. The summed E-state index contributed by atoms with van der Waals surface area (Å²) in [5, 5.41) is 25.7. The number of hydrogen-bond acceptors (Lipinski definition) is 6. The molecule has 0 unspecified atom stereocenters. The number of nitro benzene ring substituents is 1. The van der Waals surface area contributed by atoms with Crippen molar-refractivity contribution in [2.24, 2.45) is 0 Å². The highest BCUT2D eigenvalue weighted by Gasteiger charge is 2.22. The van der Waals surface area contributed by atoms with Crippen LogP contribution < -0.4 is 5.32 Å². The number of hydrogen-bond donors (Lipinski definition) is 2. The molecule has 2 N–H and O–H groups in total. The predicted octanol–water partition coefficient (Wildman–Crippen LogP) is 4.64. The van der Waals surface area contributed by atoms with E-state index in [1.54, 1.807) is 42.8 Å². The van der Waals surface area contributed by atoms with Crippen LogP contribution in [-0.2, 0) is 0 Å². The number of anilines is 1. The quantitative estimate of drug-likeness (QED) is 0.396. The van der Waals surface area contributed by atoms with Gasteiger partial charge in [-0.15, -0.1) is 0 Å². The number of benzene rings is 2. The molecule has 0 saturated carbocycles. The molecule has 7 heteroatoms. The number of rotatable bonds is 5. The van der Waals surface area contributed by atoms with Gasteiger partial charge in [-0.3, -0.25) is 15.1 Å². The summed E-state index contributed by atoms with van der Waals surface area (Å²) < 4.78 is 5.55. The highest BCUT2D eigenvalue weighted by Crippen LogP contribution is 2.36. The van der Waals surface area contributed by atoms with Crippen LogP contribution in [0, 0.1) is 10.1 Å². The van der Waals surface area contributed by atoms with Crippen LogP contribution in [0.15, 0.2) is 77.5 Å². The number of fused-ring (bicyclic) bond motifs is 1. The summed E-state index contributed by atoms with van der Waals surface area (Å²) in [5.74, 6) is 0.655. The average Bonchev–Trinajstić information content (AvgIpc) is 3.22. The van der Waals surface area contributed by atoms with Crippen molar-refractivity contribution in [2.45, 2.75) is 6.04 Å². The molecule has 134 valence electrons. The Bertz CT molecular complexity index is 1090. The summed E-state index contributed by atoms with van der Waals surface area (Å²) in [6.07, 6.45) is 3.17. The molecule has 0 saturated heterocycles. The Hall–Kier alpha value is -3.87. The van der Waals surface area contributed by atoms with Gasteiger partial charge < -0.3 is 14.8 Å². The number of phenols is 1. The Morgan fingerprint density at radius 3 is 2.59 bits per heavy atom. The van der Waals surface area contributed by atoms with Crippen LogP contribution in [0.3, 0.4) is 0 Å². The van der Waals surface area contributed by atoms with Gasteiger partial charge in [0.05, 0.1) is 11.2 Å². The first-order valence-electron chi connectivity index (χ1n) is 8.24. The normalized spacial score (nSPS) is 12.0. The number of nitrogens with one attached hydrogen (secondary N) is 1. The van der Waals surface area contributed by atoms with E-state index in [-0.39, 0.29) is 11.4 Å². The largest absolute Gasteiger partial charge is 0.505 e. The lowest BCUT2D eigenvalue weighted by Gasteiger charge is -2.20. The second-order valence-corrected chi connectivity index (χ2v) is 5.98. The molecule has 0 fully saturated rings. The van der Waals surface area contributed by atoms with Crippen LogP contribution in [0.1, 0.15) is 17.4 Å². The third kappa shape index (κ3) is 3.18. The van der Waals surface area contributed by atoms with Gasteiger partial charge in [0.1, 0.15) is 23.1 Å². The number of aromatic nitrogens is 1. The minimum Gasteiger partial charge on any atom is -0.505 e. The zero-order valence-corrected chi connectivity index (χ0v) is 14.1. The third-order valence-electron chi connectivity index (χ3n) is 4.31. The first kappa shape index (κ1) is 16.6. The van der Waals surface area contributed by atoms with Crippen molar-refractivity contribution in [3.8, 4) is 5.75 Å². The van der Waals surface area contributed by atoms with E-state index in [4.69, 9.17) is 4.42 Å². The maximum Gasteiger partial charge on any atom is 0.269 e. The number of non-ortho nitro benzene ring substituents is 1. The summed E-state index contributed by atoms with van der Waals surface area (Å²) in [5.41, 5.74) is 1.75. The summed E-state index contributed by atoms with van der Waals surface area (Å²) >= 11 is 0. The van der Waals surface area contributed by atoms with E-state index in [1.807, 2.05) is 18.2 Å². The molecule has 4 rings (SSSR count). The average molecular weight is 361 g/mol. The summed E-state index contributed by atoms with van der Waals surface area (Å²) in [4.78, 5) is 14.7. The SMILES string of the molecule is O=[N+]([O-])c1ccc(N[C@@H](c2ccco2)c2ccc3cccnc3c2O)cc1. The van der Waals surface area contributed by atoms with Crippen molar-refractivity contribution in [3.05, 3.63) is 94.6 Å². The zero-order chi connectivity index (χ0) is 18.8. The second kappa shape index (κ2) is 6.80. The number of phenolic OH excluding ortho intramolecular Hbond substituents is 1. The number of aromatic hydroxyl groups is 1. The molecule has 2 heterocycles. The van der Waals surface area contributed by atoms with Gasteiger partial charge in [0, 0.05) is 35.0 Å². The van der Waals surface area contributed by atoms with Crippen LogP contribution in [0.2, 0.25) is 0 Å². The fourth-order valence-electron chi connectivity index (χ4n) is 2.98. The molecular weight excluding hydrogens is 346 g/mol.